The maximum atomic E-state index is 10.1. The minimum atomic E-state index is -0.953. The molecule has 0 unspecified atom stereocenters. The number of rotatable bonds is 4. The van der Waals surface area contributed by atoms with Crippen LogP contribution in [-0.4, -0.2) is 59.9 Å². The molecule has 0 amide bonds. The molecular weight excluding hydrogens is 162 g/mol. The summed E-state index contributed by atoms with van der Waals surface area (Å²) >= 11 is 0. The maximum Gasteiger partial charge on any atom is 0.306 e. The molecule has 12 heavy (non-hydrogen) atoms. The summed E-state index contributed by atoms with van der Waals surface area (Å²) in [6, 6.07) is 0. The van der Waals surface area contributed by atoms with Crippen molar-refractivity contribution in [3.63, 3.8) is 0 Å². The lowest BCUT2D eigenvalue weighted by Gasteiger charge is -2.25. The first kappa shape index (κ1) is 13.9. The molecule has 5 nitrogen and oxygen atoms in total. The van der Waals surface area contributed by atoms with Crippen LogP contribution < -0.4 is 0 Å². The van der Waals surface area contributed by atoms with Crippen LogP contribution in [0, 0.1) is 0 Å². The van der Waals surface area contributed by atoms with Crippen molar-refractivity contribution in [3.8, 4) is 0 Å². The molecule has 0 aliphatic carbocycles. The standard InChI is InChI=1S/C7H15NO3.H2O/c1-8(2,3)5-6(9)4-7(10)11;/h6,9H,4-5H2,1-3H3;1H2/t6-;/m1./s1. The van der Waals surface area contributed by atoms with E-state index in [0.717, 1.165) is 0 Å². The molecule has 0 aliphatic rings. The van der Waals surface area contributed by atoms with E-state index in [1.165, 1.54) is 0 Å². The van der Waals surface area contributed by atoms with Crippen LogP contribution in [0.4, 0.5) is 0 Å². The Morgan fingerprint density at radius 2 is 1.83 bits per heavy atom. The minimum Gasteiger partial charge on any atom is -0.870 e. The zero-order chi connectivity index (χ0) is 9.07. The average molecular weight is 179 g/mol. The second kappa shape index (κ2) is 5.08. The van der Waals surface area contributed by atoms with E-state index in [0.29, 0.717) is 11.0 Å². The van der Waals surface area contributed by atoms with Crippen molar-refractivity contribution >= 4 is 5.97 Å². The molecule has 74 valence electrons. The number of aliphatic carboxylic acids is 1. The minimum absolute atomic E-state index is 0. The fourth-order valence-corrected chi connectivity index (χ4v) is 0.898. The Hall–Kier alpha value is -0.650. The quantitative estimate of drug-likeness (QED) is 0.561. The van der Waals surface area contributed by atoms with E-state index in [-0.39, 0.29) is 11.9 Å². The Labute approximate surface area is 72.1 Å². The van der Waals surface area contributed by atoms with Crippen molar-refractivity contribution in [3.05, 3.63) is 0 Å². The van der Waals surface area contributed by atoms with Gasteiger partial charge in [0.05, 0.1) is 27.6 Å². The lowest BCUT2D eigenvalue weighted by atomic mass is 10.2. The highest BCUT2D eigenvalue weighted by Gasteiger charge is 2.17. The zero-order valence-electron chi connectivity index (χ0n) is 7.69. The number of aliphatic hydroxyl groups is 1. The van der Waals surface area contributed by atoms with Gasteiger partial charge in [-0.15, -0.1) is 0 Å². The second-order valence-corrected chi connectivity index (χ2v) is 3.72. The van der Waals surface area contributed by atoms with Gasteiger partial charge >= 0.3 is 5.97 Å². The summed E-state index contributed by atoms with van der Waals surface area (Å²) in [5.74, 6) is -0.953. The Kier molecular flexibility index (Phi) is 5.88. The van der Waals surface area contributed by atoms with Crippen LogP contribution in [-0.2, 0) is 4.79 Å². The summed E-state index contributed by atoms with van der Waals surface area (Å²) in [7, 11) is 5.72. The van der Waals surface area contributed by atoms with E-state index >= 15 is 0 Å². The molecule has 0 spiro atoms. The molecule has 0 radical (unpaired) electrons. The molecule has 1 atom stereocenters. The van der Waals surface area contributed by atoms with Gasteiger partial charge in [0, 0.05) is 0 Å². The first-order valence-electron chi connectivity index (χ1n) is 3.51. The summed E-state index contributed by atoms with van der Waals surface area (Å²) < 4.78 is 0.578. The molecule has 0 aromatic rings. The Morgan fingerprint density at radius 1 is 1.42 bits per heavy atom. The number of nitrogens with zero attached hydrogens (tertiary/aromatic N) is 1. The van der Waals surface area contributed by atoms with Crippen LogP contribution in [0.3, 0.4) is 0 Å². The van der Waals surface area contributed by atoms with Gasteiger partial charge in [-0.3, -0.25) is 4.79 Å². The maximum absolute atomic E-state index is 10.1. The highest BCUT2D eigenvalue weighted by atomic mass is 16.4. The number of carboxylic acid groups (broad SMARTS) is 1. The van der Waals surface area contributed by atoms with Crippen molar-refractivity contribution < 1.29 is 25.0 Å². The van der Waals surface area contributed by atoms with Crippen LogP contribution in [0.2, 0.25) is 0 Å². The van der Waals surface area contributed by atoms with Gasteiger partial charge in [-0.05, 0) is 0 Å². The van der Waals surface area contributed by atoms with Gasteiger partial charge in [0.25, 0.3) is 0 Å². The lowest BCUT2D eigenvalue weighted by Crippen LogP contribution is -2.42. The molecule has 5 heteroatoms. The van der Waals surface area contributed by atoms with Crippen molar-refractivity contribution in [2.75, 3.05) is 27.7 Å². The average Bonchev–Trinajstić information content (AvgIpc) is 1.53. The third-order valence-corrected chi connectivity index (χ3v) is 1.17. The van der Waals surface area contributed by atoms with Gasteiger partial charge in [0.1, 0.15) is 12.6 Å². The summed E-state index contributed by atoms with van der Waals surface area (Å²) in [4.78, 5) is 10.1. The Morgan fingerprint density at radius 3 is 2.08 bits per heavy atom. The predicted octanol–water partition coefficient (Wildman–Crippen LogP) is -0.649. The van der Waals surface area contributed by atoms with Crippen LogP contribution in [0.25, 0.3) is 0 Å². The zero-order valence-corrected chi connectivity index (χ0v) is 7.69. The van der Waals surface area contributed by atoms with Gasteiger partial charge in [-0.25, -0.2) is 0 Å². The van der Waals surface area contributed by atoms with Gasteiger partial charge in [-0.1, -0.05) is 0 Å². The van der Waals surface area contributed by atoms with Crippen molar-refractivity contribution in [2.45, 2.75) is 12.5 Å². The molecule has 3 N–H and O–H groups in total. The largest absolute Gasteiger partial charge is 0.870 e. The molecule has 0 saturated heterocycles. The second-order valence-electron chi connectivity index (χ2n) is 3.72. The third kappa shape index (κ3) is 9.35. The first-order valence-corrected chi connectivity index (χ1v) is 3.51. The Balaban J connectivity index is 0. The highest BCUT2D eigenvalue weighted by Crippen LogP contribution is 1.98. The molecule has 0 aromatic carbocycles. The van der Waals surface area contributed by atoms with Crippen molar-refractivity contribution in [1.82, 2.24) is 0 Å². The molecule has 0 fully saturated rings. The molecule has 0 saturated carbocycles. The van der Waals surface area contributed by atoms with Crippen LogP contribution in [0.15, 0.2) is 0 Å². The van der Waals surface area contributed by atoms with Crippen molar-refractivity contribution in [2.24, 2.45) is 0 Å². The fraction of sp³-hybridized carbons (Fsp3) is 0.857. The fourth-order valence-electron chi connectivity index (χ4n) is 0.898. The molecular formula is C7H17NO4. The Bertz CT molecular complexity index is 141. The van der Waals surface area contributed by atoms with E-state index in [1.807, 2.05) is 21.1 Å². The predicted molar refractivity (Wildman–Crippen MR) is 43.1 cm³/mol. The SMILES string of the molecule is C[N+](C)(C)C[C@H](O)CC(=O)O.[OH-]. The molecule has 0 rings (SSSR count). The van der Waals surface area contributed by atoms with E-state index in [2.05, 4.69) is 0 Å². The van der Waals surface area contributed by atoms with E-state index in [4.69, 9.17) is 10.2 Å². The number of hydrogen-bond donors (Lipinski definition) is 2. The molecule has 0 bridgehead atoms. The van der Waals surface area contributed by atoms with Gasteiger partial charge < -0.3 is 20.2 Å². The van der Waals surface area contributed by atoms with Crippen LogP contribution in [0.5, 0.6) is 0 Å². The summed E-state index contributed by atoms with van der Waals surface area (Å²) in [6.45, 7) is 0.465. The molecule has 0 heterocycles. The van der Waals surface area contributed by atoms with Crippen molar-refractivity contribution in [1.29, 1.82) is 0 Å². The number of likely N-dealkylation sites (N-methyl/N-ethyl adjacent to an activating group) is 1. The third-order valence-electron chi connectivity index (χ3n) is 1.17. The van der Waals surface area contributed by atoms with Crippen LogP contribution >= 0.6 is 0 Å². The van der Waals surface area contributed by atoms with Gasteiger partial charge in [-0.2, -0.15) is 0 Å². The van der Waals surface area contributed by atoms with E-state index in [9.17, 15) is 4.79 Å². The number of aliphatic hydroxyl groups excluding tert-OH is 1. The summed E-state index contributed by atoms with van der Waals surface area (Å²) in [6.07, 6.45) is -0.914. The van der Waals surface area contributed by atoms with E-state index in [1.54, 1.807) is 0 Å². The topological polar surface area (TPSA) is 87.5 Å². The van der Waals surface area contributed by atoms with Crippen LogP contribution in [0.1, 0.15) is 6.42 Å². The smallest absolute Gasteiger partial charge is 0.306 e. The normalized spacial score (nSPS) is 13.3. The summed E-state index contributed by atoms with van der Waals surface area (Å²) in [5, 5.41) is 17.5. The number of carbonyl (C=O) groups is 1. The monoisotopic (exact) mass is 179 g/mol. The first-order chi connectivity index (χ1) is 4.81. The lowest BCUT2D eigenvalue weighted by molar-refractivity contribution is -0.873. The highest BCUT2D eigenvalue weighted by molar-refractivity contribution is 5.67. The van der Waals surface area contributed by atoms with E-state index < -0.39 is 12.1 Å². The molecule has 0 aromatic heterocycles. The number of carboxylic acids is 1. The number of hydrogen-bond acceptors (Lipinski definition) is 3. The van der Waals surface area contributed by atoms with Gasteiger partial charge in [0.2, 0.25) is 0 Å². The molecule has 0 aliphatic heterocycles. The van der Waals surface area contributed by atoms with Gasteiger partial charge in [0.15, 0.2) is 0 Å². The summed E-state index contributed by atoms with van der Waals surface area (Å²) in [5.41, 5.74) is 0. The number of quaternary nitrogens is 1.